The molecule has 24 heavy (non-hydrogen) atoms. The van der Waals surface area contributed by atoms with E-state index in [1.54, 1.807) is 7.05 Å². The maximum Gasteiger partial charge on any atom is 0.188 e. The zero-order valence-corrected chi connectivity index (χ0v) is 14.0. The predicted octanol–water partition coefficient (Wildman–Crippen LogP) is 0.859. The summed E-state index contributed by atoms with van der Waals surface area (Å²) < 4.78 is 6.28. The second-order valence-corrected chi connectivity index (χ2v) is 6.48. The van der Waals surface area contributed by atoms with Crippen molar-refractivity contribution in [3.05, 3.63) is 24.2 Å². The molecule has 0 saturated carbocycles. The van der Waals surface area contributed by atoms with Gasteiger partial charge in [0.15, 0.2) is 17.4 Å². The maximum absolute atomic E-state index is 6.28. The SMILES string of the molecule is Cn1nnc(CN2CCC(Oc3cccnc3N3CCCC3)C2)n1. The van der Waals surface area contributed by atoms with Gasteiger partial charge in [0.1, 0.15) is 6.10 Å². The Labute approximate surface area is 141 Å². The summed E-state index contributed by atoms with van der Waals surface area (Å²) in [4.78, 5) is 10.7. The fourth-order valence-corrected chi connectivity index (χ4v) is 3.44. The number of aromatic nitrogens is 5. The van der Waals surface area contributed by atoms with Crippen LogP contribution in [0.25, 0.3) is 0 Å². The molecular formula is C16H23N7O. The molecule has 1 unspecified atom stereocenters. The highest BCUT2D eigenvalue weighted by atomic mass is 16.5. The number of rotatable bonds is 5. The quantitative estimate of drug-likeness (QED) is 0.805. The summed E-state index contributed by atoms with van der Waals surface area (Å²) in [6, 6.07) is 3.98. The van der Waals surface area contributed by atoms with Crippen molar-refractivity contribution in [2.75, 3.05) is 31.1 Å². The third-order valence-electron chi connectivity index (χ3n) is 4.59. The van der Waals surface area contributed by atoms with Crippen molar-refractivity contribution >= 4 is 5.82 Å². The molecule has 2 aliphatic heterocycles. The van der Waals surface area contributed by atoms with Crippen LogP contribution in [0.1, 0.15) is 25.1 Å². The van der Waals surface area contributed by atoms with Crippen LogP contribution in [0, 0.1) is 0 Å². The molecule has 0 amide bonds. The van der Waals surface area contributed by atoms with E-state index in [0.29, 0.717) is 0 Å². The first-order chi connectivity index (χ1) is 11.8. The van der Waals surface area contributed by atoms with Crippen molar-refractivity contribution in [3.8, 4) is 5.75 Å². The lowest BCUT2D eigenvalue weighted by Crippen LogP contribution is -2.26. The Bertz CT molecular complexity index is 683. The number of nitrogens with zero attached hydrogens (tertiary/aromatic N) is 7. The second-order valence-electron chi connectivity index (χ2n) is 6.48. The Morgan fingerprint density at radius 1 is 1.25 bits per heavy atom. The smallest absolute Gasteiger partial charge is 0.188 e. The normalized spacial score (nSPS) is 21.5. The molecule has 0 N–H and O–H groups in total. The second kappa shape index (κ2) is 6.72. The molecule has 128 valence electrons. The van der Waals surface area contributed by atoms with Crippen molar-refractivity contribution in [1.82, 2.24) is 30.1 Å². The van der Waals surface area contributed by atoms with Crippen LogP contribution in [-0.4, -0.2) is 62.4 Å². The van der Waals surface area contributed by atoms with E-state index < -0.39 is 0 Å². The van der Waals surface area contributed by atoms with Crippen molar-refractivity contribution in [2.45, 2.75) is 31.9 Å². The third-order valence-corrected chi connectivity index (χ3v) is 4.59. The molecule has 0 bridgehead atoms. The average Bonchev–Trinajstić information content (AvgIpc) is 3.32. The number of ether oxygens (including phenoxy) is 1. The monoisotopic (exact) mass is 329 g/mol. The number of pyridine rings is 1. The largest absolute Gasteiger partial charge is 0.485 e. The van der Waals surface area contributed by atoms with E-state index in [4.69, 9.17) is 4.74 Å². The van der Waals surface area contributed by atoms with Crippen molar-refractivity contribution < 1.29 is 4.74 Å². The van der Waals surface area contributed by atoms with Crippen LogP contribution in [0.5, 0.6) is 5.75 Å². The molecule has 2 saturated heterocycles. The van der Waals surface area contributed by atoms with Crippen LogP contribution in [0.3, 0.4) is 0 Å². The third kappa shape index (κ3) is 3.33. The first kappa shape index (κ1) is 15.3. The molecule has 0 aliphatic carbocycles. The van der Waals surface area contributed by atoms with Crippen LogP contribution in [0.2, 0.25) is 0 Å². The standard InChI is InChI=1S/C16H23N7O/c1-21-19-15(18-20-21)12-22-10-6-13(11-22)24-14-5-4-7-17-16(14)23-8-2-3-9-23/h4-5,7,13H,2-3,6,8-12H2,1H3. The number of hydrogen-bond acceptors (Lipinski definition) is 7. The first-order valence-electron chi connectivity index (χ1n) is 8.60. The molecule has 2 aromatic heterocycles. The van der Waals surface area contributed by atoms with E-state index in [2.05, 4.69) is 30.2 Å². The van der Waals surface area contributed by atoms with Crippen LogP contribution in [0.4, 0.5) is 5.82 Å². The van der Waals surface area contributed by atoms with Gasteiger partial charge >= 0.3 is 0 Å². The first-order valence-corrected chi connectivity index (χ1v) is 8.60. The van der Waals surface area contributed by atoms with E-state index in [0.717, 1.165) is 56.5 Å². The van der Waals surface area contributed by atoms with E-state index in [9.17, 15) is 0 Å². The van der Waals surface area contributed by atoms with Gasteiger partial charge in [0.2, 0.25) is 0 Å². The van der Waals surface area contributed by atoms with Crippen LogP contribution >= 0.6 is 0 Å². The lowest BCUT2D eigenvalue weighted by atomic mass is 10.3. The van der Waals surface area contributed by atoms with E-state index in [1.165, 1.54) is 17.6 Å². The Hall–Kier alpha value is -2.22. The Balaban J connectivity index is 1.38. The van der Waals surface area contributed by atoms with E-state index in [1.807, 2.05) is 18.3 Å². The Kier molecular flexibility index (Phi) is 4.29. The minimum absolute atomic E-state index is 0.187. The maximum atomic E-state index is 6.28. The van der Waals surface area contributed by atoms with Crippen LogP contribution in [-0.2, 0) is 13.6 Å². The fourth-order valence-electron chi connectivity index (χ4n) is 3.44. The molecule has 2 fully saturated rings. The minimum Gasteiger partial charge on any atom is -0.485 e. The predicted molar refractivity (Wildman–Crippen MR) is 88.8 cm³/mol. The van der Waals surface area contributed by atoms with Crippen molar-refractivity contribution in [2.24, 2.45) is 7.05 Å². The molecule has 8 nitrogen and oxygen atoms in total. The number of hydrogen-bond donors (Lipinski definition) is 0. The molecule has 4 heterocycles. The summed E-state index contributed by atoms with van der Waals surface area (Å²) >= 11 is 0. The number of aryl methyl sites for hydroxylation is 1. The van der Waals surface area contributed by atoms with Crippen LogP contribution < -0.4 is 9.64 Å². The summed E-state index contributed by atoms with van der Waals surface area (Å²) in [5.74, 6) is 2.66. The van der Waals surface area contributed by atoms with Gasteiger partial charge in [-0.3, -0.25) is 4.90 Å². The van der Waals surface area contributed by atoms with Gasteiger partial charge in [-0.15, -0.1) is 10.2 Å². The van der Waals surface area contributed by atoms with Gasteiger partial charge < -0.3 is 9.64 Å². The highest BCUT2D eigenvalue weighted by molar-refractivity contribution is 5.52. The van der Waals surface area contributed by atoms with E-state index >= 15 is 0 Å². The molecule has 4 rings (SSSR count). The Morgan fingerprint density at radius 2 is 2.12 bits per heavy atom. The molecule has 1 atom stereocenters. The summed E-state index contributed by atoms with van der Waals surface area (Å²) in [7, 11) is 1.79. The van der Waals surface area contributed by atoms with Gasteiger partial charge in [-0.2, -0.15) is 4.80 Å². The van der Waals surface area contributed by atoms with Gasteiger partial charge in [0.05, 0.1) is 13.6 Å². The lowest BCUT2D eigenvalue weighted by molar-refractivity contribution is 0.197. The number of tetrazole rings is 1. The molecule has 2 aromatic rings. The minimum atomic E-state index is 0.187. The van der Waals surface area contributed by atoms with Gasteiger partial charge in [-0.25, -0.2) is 4.98 Å². The summed E-state index contributed by atoms with van der Waals surface area (Å²) in [5, 5.41) is 12.2. The fraction of sp³-hybridized carbons (Fsp3) is 0.625. The Morgan fingerprint density at radius 3 is 2.92 bits per heavy atom. The zero-order valence-electron chi connectivity index (χ0n) is 14.0. The molecule has 0 radical (unpaired) electrons. The zero-order chi connectivity index (χ0) is 16.4. The summed E-state index contributed by atoms with van der Waals surface area (Å²) in [6.45, 7) is 4.74. The van der Waals surface area contributed by atoms with Crippen molar-refractivity contribution in [1.29, 1.82) is 0 Å². The lowest BCUT2D eigenvalue weighted by Gasteiger charge is -2.22. The van der Waals surface area contributed by atoms with Gasteiger partial charge in [0, 0.05) is 32.4 Å². The number of likely N-dealkylation sites (tertiary alicyclic amines) is 1. The number of anilines is 1. The summed E-state index contributed by atoms with van der Waals surface area (Å²) in [6.07, 6.45) is 5.51. The highest BCUT2D eigenvalue weighted by Gasteiger charge is 2.27. The molecule has 0 spiro atoms. The van der Waals surface area contributed by atoms with Crippen LogP contribution in [0.15, 0.2) is 18.3 Å². The van der Waals surface area contributed by atoms with Gasteiger partial charge in [0.25, 0.3) is 0 Å². The molecular weight excluding hydrogens is 306 g/mol. The van der Waals surface area contributed by atoms with E-state index in [-0.39, 0.29) is 6.10 Å². The van der Waals surface area contributed by atoms with Gasteiger partial charge in [-0.1, -0.05) is 0 Å². The average molecular weight is 329 g/mol. The molecule has 8 heteroatoms. The van der Waals surface area contributed by atoms with Gasteiger partial charge in [-0.05, 0) is 36.6 Å². The topological polar surface area (TPSA) is 72.2 Å². The highest BCUT2D eigenvalue weighted by Crippen LogP contribution is 2.30. The summed E-state index contributed by atoms with van der Waals surface area (Å²) in [5.41, 5.74) is 0. The van der Waals surface area contributed by atoms with Crippen molar-refractivity contribution in [3.63, 3.8) is 0 Å². The molecule has 2 aliphatic rings. The molecule has 0 aromatic carbocycles.